The molecular formula is C14H12N2O2. The van der Waals surface area contributed by atoms with Crippen molar-refractivity contribution in [2.75, 3.05) is 0 Å². The highest BCUT2D eigenvalue weighted by molar-refractivity contribution is 6.36. The van der Waals surface area contributed by atoms with Crippen molar-refractivity contribution in [2.24, 2.45) is 9.98 Å². The van der Waals surface area contributed by atoms with Crippen molar-refractivity contribution >= 4 is 11.8 Å². The molecule has 1 heterocycles. The first-order valence-corrected chi connectivity index (χ1v) is 5.55. The summed E-state index contributed by atoms with van der Waals surface area (Å²) in [6, 6.07) is 3.58. The lowest BCUT2D eigenvalue weighted by molar-refractivity contribution is -0.135. The Morgan fingerprint density at radius 3 is 2.33 bits per heavy atom. The zero-order valence-corrected chi connectivity index (χ0v) is 9.85. The Morgan fingerprint density at radius 2 is 1.67 bits per heavy atom. The molecule has 0 aromatic heterocycles. The lowest BCUT2D eigenvalue weighted by atomic mass is 10.00. The molecule has 1 aliphatic heterocycles. The molecule has 4 nitrogen and oxygen atoms in total. The molecule has 0 saturated carbocycles. The second-order valence-electron chi connectivity index (χ2n) is 3.89. The van der Waals surface area contributed by atoms with Crippen LogP contribution in [0.25, 0.3) is 0 Å². The van der Waals surface area contributed by atoms with E-state index in [2.05, 4.69) is 23.1 Å². The van der Waals surface area contributed by atoms with Gasteiger partial charge in [-0.05, 0) is 30.0 Å². The van der Waals surface area contributed by atoms with Crippen molar-refractivity contribution in [3.63, 3.8) is 0 Å². The summed E-state index contributed by atoms with van der Waals surface area (Å²) < 4.78 is 0. The molecule has 0 N–H and O–H groups in total. The van der Waals surface area contributed by atoms with Gasteiger partial charge in [0.05, 0.1) is 10.7 Å². The molecule has 4 heteroatoms. The molecule has 0 saturated heterocycles. The fourth-order valence-electron chi connectivity index (χ4n) is 1.91. The molecule has 0 radical (unpaired) electrons. The number of amides is 2. The molecule has 90 valence electrons. The molecule has 0 atom stereocenters. The van der Waals surface area contributed by atoms with E-state index in [9.17, 15) is 9.59 Å². The normalized spacial score (nSPS) is 13.3. The summed E-state index contributed by atoms with van der Waals surface area (Å²) in [4.78, 5) is 30.1. The van der Waals surface area contributed by atoms with E-state index in [1.807, 2.05) is 6.07 Å². The Kier molecular flexibility index (Phi) is 3.28. The largest absolute Gasteiger partial charge is 0.338 e. The van der Waals surface area contributed by atoms with Crippen LogP contribution in [-0.4, -0.2) is 11.8 Å². The highest BCUT2D eigenvalue weighted by Crippen LogP contribution is 2.06. The van der Waals surface area contributed by atoms with Crippen molar-refractivity contribution in [3.8, 4) is 0 Å². The van der Waals surface area contributed by atoms with Gasteiger partial charge >= 0.3 is 11.8 Å². The standard InChI is InChI=1S/C14H12N2O2/c1-3-5-9-7-8-11-12(10(9)6-4-2)16-14(18)13(17)15-11/h3-4,7-8H,1-2,5-6H2. The number of benzene rings is 1. The van der Waals surface area contributed by atoms with Gasteiger partial charge in [0.2, 0.25) is 0 Å². The number of carbonyl (C=O) groups is 2. The number of fused-ring (bicyclic) bond motifs is 1. The number of nitrogens with zero attached hydrogens (tertiary/aromatic N) is 2. The third kappa shape index (κ3) is 2.05. The fraction of sp³-hybridized carbons (Fsp3) is 0.143. The maximum atomic E-state index is 11.3. The van der Waals surface area contributed by atoms with E-state index in [4.69, 9.17) is 0 Å². The van der Waals surface area contributed by atoms with Crippen molar-refractivity contribution in [1.82, 2.24) is 0 Å². The van der Waals surface area contributed by atoms with Crippen molar-refractivity contribution in [2.45, 2.75) is 12.8 Å². The molecule has 0 bridgehead atoms. The van der Waals surface area contributed by atoms with Crippen LogP contribution in [0.3, 0.4) is 0 Å². The van der Waals surface area contributed by atoms with E-state index in [0.29, 0.717) is 23.6 Å². The third-order valence-electron chi connectivity index (χ3n) is 2.69. The van der Waals surface area contributed by atoms with Gasteiger partial charge in [-0.15, -0.1) is 13.2 Å². The molecule has 1 aromatic rings. The van der Waals surface area contributed by atoms with E-state index in [1.165, 1.54) is 0 Å². The molecule has 0 unspecified atom stereocenters. The number of hydrogen-bond acceptors (Lipinski definition) is 2. The minimum Gasteiger partial charge on any atom is -0.261 e. The Balaban J connectivity index is 2.78. The van der Waals surface area contributed by atoms with E-state index < -0.39 is 11.8 Å². The fourth-order valence-corrected chi connectivity index (χ4v) is 1.91. The van der Waals surface area contributed by atoms with Crippen LogP contribution in [0.5, 0.6) is 0 Å². The Morgan fingerprint density at radius 1 is 1.00 bits per heavy atom. The molecule has 18 heavy (non-hydrogen) atoms. The third-order valence-corrected chi connectivity index (χ3v) is 2.69. The second kappa shape index (κ2) is 4.87. The zero-order chi connectivity index (χ0) is 13.1. The molecule has 1 aliphatic rings. The highest BCUT2D eigenvalue weighted by Gasteiger charge is 2.17. The second-order valence-corrected chi connectivity index (χ2v) is 3.89. The lowest BCUT2D eigenvalue weighted by Gasteiger charge is -2.08. The van der Waals surface area contributed by atoms with Crippen LogP contribution in [0.15, 0.2) is 47.4 Å². The van der Waals surface area contributed by atoms with E-state index in [0.717, 1.165) is 11.1 Å². The van der Waals surface area contributed by atoms with Gasteiger partial charge in [0, 0.05) is 0 Å². The maximum absolute atomic E-state index is 11.3. The average molecular weight is 240 g/mol. The topological polar surface area (TPSA) is 58.9 Å². The number of hydrogen-bond donors (Lipinski definition) is 0. The quantitative estimate of drug-likeness (QED) is 0.566. The molecular weight excluding hydrogens is 228 g/mol. The Hall–Kier alpha value is -2.36. The van der Waals surface area contributed by atoms with Crippen molar-refractivity contribution in [1.29, 1.82) is 0 Å². The average Bonchev–Trinajstić information content (AvgIpc) is 2.35. The van der Waals surface area contributed by atoms with Gasteiger partial charge in [-0.3, -0.25) is 9.59 Å². The van der Waals surface area contributed by atoms with Gasteiger partial charge in [-0.25, -0.2) is 9.98 Å². The predicted molar refractivity (Wildman–Crippen MR) is 66.6 cm³/mol. The number of carbonyl (C=O) groups excluding carboxylic acids is 2. The summed E-state index contributed by atoms with van der Waals surface area (Å²) >= 11 is 0. The Labute approximate surface area is 104 Å². The van der Waals surface area contributed by atoms with Gasteiger partial charge in [-0.1, -0.05) is 18.2 Å². The summed E-state index contributed by atoms with van der Waals surface area (Å²) in [5.74, 6) is -1.63. The van der Waals surface area contributed by atoms with Crippen LogP contribution in [0.1, 0.15) is 11.1 Å². The van der Waals surface area contributed by atoms with Crippen LogP contribution in [0, 0.1) is 0 Å². The summed E-state index contributed by atoms with van der Waals surface area (Å²) in [5, 5.41) is 0.933. The van der Waals surface area contributed by atoms with Gasteiger partial charge in [0.25, 0.3) is 0 Å². The highest BCUT2D eigenvalue weighted by atomic mass is 16.2. The SMILES string of the molecule is C=CCc1ccc2c(c1CC=C)=NC(=O)C(=O)N=2. The minimum absolute atomic E-state index is 0.448. The summed E-state index contributed by atoms with van der Waals surface area (Å²) in [7, 11) is 0. The smallest absolute Gasteiger partial charge is 0.261 e. The zero-order valence-electron chi connectivity index (χ0n) is 9.85. The monoisotopic (exact) mass is 240 g/mol. The van der Waals surface area contributed by atoms with Gasteiger partial charge in [-0.2, -0.15) is 0 Å². The van der Waals surface area contributed by atoms with Gasteiger partial charge < -0.3 is 0 Å². The van der Waals surface area contributed by atoms with Crippen LogP contribution >= 0.6 is 0 Å². The molecule has 2 amide bonds. The minimum atomic E-state index is -0.816. The molecule has 0 aliphatic carbocycles. The molecule has 2 rings (SSSR count). The molecule has 0 spiro atoms. The number of rotatable bonds is 4. The van der Waals surface area contributed by atoms with Crippen molar-refractivity contribution < 1.29 is 9.59 Å². The first kappa shape index (κ1) is 12.1. The van der Waals surface area contributed by atoms with E-state index in [1.54, 1.807) is 18.2 Å². The van der Waals surface area contributed by atoms with Crippen molar-refractivity contribution in [3.05, 3.63) is 59.3 Å². The molecule has 1 aromatic carbocycles. The van der Waals surface area contributed by atoms with E-state index >= 15 is 0 Å². The van der Waals surface area contributed by atoms with Gasteiger partial charge in [0.15, 0.2) is 0 Å². The first-order valence-electron chi connectivity index (χ1n) is 5.55. The van der Waals surface area contributed by atoms with Crippen LogP contribution < -0.4 is 10.7 Å². The Bertz CT molecular complexity index is 672. The maximum Gasteiger partial charge on any atom is 0.338 e. The van der Waals surface area contributed by atoms with Crippen LogP contribution in [0.4, 0.5) is 0 Å². The van der Waals surface area contributed by atoms with Crippen LogP contribution in [-0.2, 0) is 22.4 Å². The van der Waals surface area contributed by atoms with Crippen LogP contribution in [0.2, 0.25) is 0 Å². The lowest BCUT2D eigenvalue weighted by Crippen LogP contribution is -2.37. The first-order chi connectivity index (χ1) is 8.67. The summed E-state index contributed by atoms with van der Waals surface area (Å²) in [6.07, 6.45) is 4.76. The van der Waals surface area contributed by atoms with E-state index in [-0.39, 0.29) is 0 Å². The summed E-state index contributed by atoms with van der Waals surface area (Å²) in [5.41, 5.74) is 1.90. The summed E-state index contributed by atoms with van der Waals surface area (Å²) in [6.45, 7) is 7.39. The molecule has 0 fully saturated rings. The van der Waals surface area contributed by atoms with Gasteiger partial charge in [0.1, 0.15) is 0 Å². The predicted octanol–water partition coefficient (Wildman–Crippen LogP) is 0.450. The number of allylic oxidation sites excluding steroid dienone is 2.